The molecule has 2 aliphatic heterocycles. The molecule has 2 amide bonds. The Morgan fingerprint density at radius 2 is 2.19 bits per heavy atom. The van der Waals surface area contributed by atoms with Crippen LogP contribution >= 0.6 is 0 Å². The van der Waals surface area contributed by atoms with Crippen LogP contribution in [0.5, 0.6) is 0 Å². The highest BCUT2D eigenvalue weighted by atomic mass is 16.2. The van der Waals surface area contributed by atoms with Gasteiger partial charge in [0, 0.05) is 12.1 Å². The Morgan fingerprint density at radius 1 is 1.38 bits per heavy atom. The number of carbonyl (C=O) groups is 2. The first-order valence-electron chi connectivity index (χ1n) is 7.14. The molecule has 0 spiro atoms. The summed E-state index contributed by atoms with van der Waals surface area (Å²) in [5.74, 6) is -0.00643. The molecule has 0 aromatic heterocycles. The molecule has 0 fully saturated rings. The molecule has 1 N–H and O–H groups in total. The third kappa shape index (κ3) is 2.37. The molecule has 0 saturated heterocycles. The predicted octanol–water partition coefficient (Wildman–Crippen LogP) is 2.86. The van der Waals surface area contributed by atoms with Crippen LogP contribution in [-0.4, -0.2) is 23.3 Å². The number of urea groups is 1. The van der Waals surface area contributed by atoms with Gasteiger partial charge in [-0.15, -0.1) is 0 Å². The van der Waals surface area contributed by atoms with E-state index in [-0.39, 0.29) is 17.9 Å². The summed E-state index contributed by atoms with van der Waals surface area (Å²) in [4.78, 5) is 26.1. The van der Waals surface area contributed by atoms with Gasteiger partial charge in [0.15, 0.2) is 5.78 Å². The standard InChI is InChI=1S/C17H18N2O2/c1-11-6-5-7-13(10-11)16-15(12(2)20)14-8-3-4-9-19(14)17(21)18-16/h3,5-8,10,16H,4,9H2,1-2H3,(H,18,21). The third-order valence-corrected chi connectivity index (χ3v) is 3.92. The second kappa shape index (κ2) is 5.20. The second-order valence-corrected chi connectivity index (χ2v) is 5.49. The van der Waals surface area contributed by atoms with Gasteiger partial charge in [-0.1, -0.05) is 35.9 Å². The van der Waals surface area contributed by atoms with Crippen LogP contribution in [0.15, 0.2) is 47.7 Å². The minimum absolute atomic E-state index is 0.00643. The summed E-state index contributed by atoms with van der Waals surface area (Å²) in [6, 6.07) is 7.40. The van der Waals surface area contributed by atoms with Crippen molar-refractivity contribution in [2.24, 2.45) is 0 Å². The van der Waals surface area contributed by atoms with Crippen molar-refractivity contribution in [3.8, 4) is 0 Å². The molecular weight excluding hydrogens is 264 g/mol. The first kappa shape index (κ1) is 13.6. The zero-order chi connectivity index (χ0) is 15.0. The topological polar surface area (TPSA) is 49.4 Å². The van der Waals surface area contributed by atoms with Crippen LogP contribution in [0.2, 0.25) is 0 Å². The number of carbonyl (C=O) groups excluding carboxylic acids is 2. The lowest BCUT2D eigenvalue weighted by atomic mass is 9.90. The number of allylic oxidation sites excluding steroid dienone is 1. The van der Waals surface area contributed by atoms with Gasteiger partial charge in [-0.2, -0.15) is 0 Å². The molecule has 2 aliphatic rings. The largest absolute Gasteiger partial charge is 0.327 e. The van der Waals surface area contributed by atoms with Crippen LogP contribution in [0, 0.1) is 6.92 Å². The summed E-state index contributed by atoms with van der Waals surface area (Å²) in [6.07, 6.45) is 4.72. The molecule has 2 heterocycles. The maximum atomic E-state index is 12.3. The molecule has 0 radical (unpaired) electrons. The summed E-state index contributed by atoms with van der Waals surface area (Å²) < 4.78 is 0. The van der Waals surface area contributed by atoms with Gasteiger partial charge >= 0.3 is 6.03 Å². The Kier molecular flexibility index (Phi) is 3.37. The molecule has 1 atom stereocenters. The fraction of sp³-hybridized carbons (Fsp3) is 0.294. The maximum Gasteiger partial charge on any atom is 0.322 e. The first-order chi connectivity index (χ1) is 10.1. The van der Waals surface area contributed by atoms with Gasteiger partial charge < -0.3 is 5.32 Å². The number of nitrogens with one attached hydrogen (secondary N) is 1. The zero-order valence-electron chi connectivity index (χ0n) is 12.2. The zero-order valence-corrected chi connectivity index (χ0v) is 12.2. The van der Waals surface area contributed by atoms with E-state index in [9.17, 15) is 9.59 Å². The summed E-state index contributed by atoms with van der Waals surface area (Å²) >= 11 is 0. The Hall–Kier alpha value is -2.36. The summed E-state index contributed by atoms with van der Waals surface area (Å²) in [7, 11) is 0. The molecule has 21 heavy (non-hydrogen) atoms. The molecule has 0 aliphatic carbocycles. The number of hydrogen-bond donors (Lipinski definition) is 1. The van der Waals surface area contributed by atoms with E-state index in [1.165, 1.54) is 0 Å². The van der Waals surface area contributed by atoms with Crippen LogP contribution in [0.4, 0.5) is 4.79 Å². The number of ketones is 1. The number of fused-ring (bicyclic) bond motifs is 1. The number of amides is 2. The monoisotopic (exact) mass is 282 g/mol. The van der Waals surface area contributed by atoms with Gasteiger partial charge in [0.05, 0.1) is 11.7 Å². The number of nitrogens with zero attached hydrogens (tertiary/aromatic N) is 1. The molecular formula is C17H18N2O2. The van der Waals surface area contributed by atoms with Crippen LogP contribution in [-0.2, 0) is 4.79 Å². The quantitative estimate of drug-likeness (QED) is 0.906. The first-order valence-corrected chi connectivity index (χ1v) is 7.14. The summed E-state index contributed by atoms with van der Waals surface area (Å²) in [5, 5.41) is 2.96. The van der Waals surface area contributed by atoms with Crippen molar-refractivity contribution < 1.29 is 9.59 Å². The number of rotatable bonds is 2. The van der Waals surface area contributed by atoms with Crippen molar-refractivity contribution in [3.05, 3.63) is 58.8 Å². The normalized spacial score (nSPS) is 21.1. The highest BCUT2D eigenvalue weighted by Crippen LogP contribution is 2.33. The lowest BCUT2D eigenvalue weighted by Gasteiger charge is -2.37. The van der Waals surface area contributed by atoms with E-state index in [1.54, 1.807) is 11.8 Å². The van der Waals surface area contributed by atoms with E-state index in [2.05, 4.69) is 5.32 Å². The fourth-order valence-corrected chi connectivity index (χ4v) is 2.96. The molecule has 1 aromatic rings. The lowest BCUT2D eigenvalue weighted by Crippen LogP contribution is -2.48. The minimum Gasteiger partial charge on any atom is -0.327 e. The van der Waals surface area contributed by atoms with Gasteiger partial charge in [-0.3, -0.25) is 9.69 Å². The average Bonchev–Trinajstić information content (AvgIpc) is 2.46. The van der Waals surface area contributed by atoms with E-state index in [0.29, 0.717) is 12.1 Å². The smallest absolute Gasteiger partial charge is 0.322 e. The molecule has 4 nitrogen and oxygen atoms in total. The summed E-state index contributed by atoms with van der Waals surface area (Å²) in [5.41, 5.74) is 3.45. The van der Waals surface area contributed by atoms with Crippen LogP contribution < -0.4 is 5.32 Å². The van der Waals surface area contributed by atoms with Gasteiger partial charge in [-0.05, 0) is 31.9 Å². The van der Waals surface area contributed by atoms with Crippen molar-refractivity contribution in [3.63, 3.8) is 0 Å². The number of aryl methyl sites for hydroxylation is 1. The fourth-order valence-electron chi connectivity index (χ4n) is 2.96. The highest BCUT2D eigenvalue weighted by molar-refractivity contribution is 5.99. The Balaban J connectivity index is 2.16. The third-order valence-electron chi connectivity index (χ3n) is 3.92. The van der Waals surface area contributed by atoms with E-state index in [1.807, 2.05) is 43.3 Å². The maximum absolute atomic E-state index is 12.3. The number of Topliss-reactive ketones (excluding diaryl/α,β-unsaturated/α-hetero) is 1. The van der Waals surface area contributed by atoms with Crippen molar-refractivity contribution in [2.45, 2.75) is 26.3 Å². The van der Waals surface area contributed by atoms with Gasteiger partial charge in [-0.25, -0.2) is 4.79 Å². The Labute approximate surface area is 124 Å². The van der Waals surface area contributed by atoms with Gasteiger partial charge in [0.25, 0.3) is 0 Å². The van der Waals surface area contributed by atoms with E-state index in [4.69, 9.17) is 0 Å². The molecule has 1 aromatic carbocycles. The van der Waals surface area contributed by atoms with Gasteiger partial charge in [0.1, 0.15) is 0 Å². The summed E-state index contributed by atoms with van der Waals surface area (Å²) in [6.45, 7) is 4.18. The molecule has 4 heteroatoms. The van der Waals surface area contributed by atoms with Crippen LogP contribution in [0.25, 0.3) is 0 Å². The van der Waals surface area contributed by atoms with Crippen molar-refractivity contribution in [1.82, 2.24) is 10.2 Å². The Bertz CT molecular complexity index is 673. The molecule has 0 saturated carbocycles. The molecule has 0 bridgehead atoms. The molecule has 1 unspecified atom stereocenters. The number of benzene rings is 1. The van der Waals surface area contributed by atoms with E-state index < -0.39 is 0 Å². The van der Waals surface area contributed by atoms with Crippen molar-refractivity contribution in [1.29, 1.82) is 0 Å². The predicted molar refractivity (Wildman–Crippen MR) is 80.6 cm³/mol. The SMILES string of the molecule is CC(=O)C1=C2C=CCCN2C(=O)NC1c1cccc(C)c1. The lowest BCUT2D eigenvalue weighted by molar-refractivity contribution is -0.114. The van der Waals surface area contributed by atoms with E-state index in [0.717, 1.165) is 23.2 Å². The van der Waals surface area contributed by atoms with Crippen LogP contribution in [0.1, 0.15) is 30.5 Å². The molecule has 3 rings (SSSR count). The van der Waals surface area contributed by atoms with Crippen LogP contribution in [0.3, 0.4) is 0 Å². The highest BCUT2D eigenvalue weighted by Gasteiger charge is 2.35. The average molecular weight is 282 g/mol. The van der Waals surface area contributed by atoms with Crippen molar-refractivity contribution >= 4 is 11.8 Å². The molecule has 108 valence electrons. The minimum atomic E-state index is -0.371. The Morgan fingerprint density at radius 3 is 2.90 bits per heavy atom. The van der Waals surface area contributed by atoms with E-state index >= 15 is 0 Å². The van der Waals surface area contributed by atoms with Crippen molar-refractivity contribution in [2.75, 3.05) is 6.54 Å². The second-order valence-electron chi connectivity index (χ2n) is 5.49. The number of hydrogen-bond acceptors (Lipinski definition) is 2. The van der Waals surface area contributed by atoms with Gasteiger partial charge in [0.2, 0.25) is 0 Å².